The van der Waals surface area contributed by atoms with E-state index in [9.17, 15) is 13.2 Å². The third-order valence-electron chi connectivity index (χ3n) is 5.49. The van der Waals surface area contributed by atoms with Gasteiger partial charge in [0, 0.05) is 18.1 Å². The largest absolute Gasteiger partial charge is 0.476 e. The lowest BCUT2D eigenvalue weighted by Gasteiger charge is -2.34. The lowest BCUT2D eigenvalue weighted by molar-refractivity contribution is -0.127. The maximum Gasteiger partial charge on any atom is 0.263 e. The Morgan fingerprint density at radius 2 is 1.71 bits per heavy atom. The van der Waals surface area contributed by atoms with Gasteiger partial charge in [-0.1, -0.05) is 72.3 Å². The lowest BCUT2D eigenvalue weighted by atomic mass is 10.2. The molecule has 1 amide bonds. The number of rotatable bonds is 9. The number of nitrogens with zero attached hydrogens (tertiary/aromatic N) is 1. The molecular weight excluding hydrogens is 468 g/mol. The van der Waals surface area contributed by atoms with Crippen LogP contribution in [0.4, 0.5) is 5.69 Å². The fourth-order valence-corrected chi connectivity index (χ4v) is 6.10. The summed E-state index contributed by atoms with van der Waals surface area (Å²) in [4.78, 5) is 12.8. The molecule has 1 aliphatic heterocycles. The van der Waals surface area contributed by atoms with Crippen molar-refractivity contribution in [3.63, 3.8) is 0 Å². The monoisotopic (exact) mass is 496 g/mol. The first-order chi connectivity index (χ1) is 16.4. The smallest absolute Gasteiger partial charge is 0.263 e. The first-order valence-electron chi connectivity index (χ1n) is 11.1. The Bertz CT molecular complexity index is 1220. The van der Waals surface area contributed by atoms with E-state index in [4.69, 9.17) is 4.74 Å². The number of hydrogen-bond acceptors (Lipinski definition) is 5. The zero-order valence-electron chi connectivity index (χ0n) is 19.0. The van der Waals surface area contributed by atoms with E-state index in [1.807, 2.05) is 18.2 Å². The zero-order chi connectivity index (χ0) is 24.0. The van der Waals surface area contributed by atoms with Gasteiger partial charge >= 0.3 is 0 Å². The number of thioether (sulfide) groups is 1. The van der Waals surface area contributed by atoms with Gasteiger partial charge in [0.25, 0.3) is 5.91 Å². The van der Waals surface area contributed by atoms with E-state index in [-0.39, 0.29) is 18.2 Å². The van der Waals surface area contributed by atoms with Gasteiger partial charge in [0.1, 0.15) is 5.75 Å². The molecule has 3 aromatic rings. The molecule has 0 spiro atoms. The molecule has 34 heavy (non-hydrogen) atoms. The van der Waals surface area contributed by atoms with Gasteiger partial charge < -0.3 is 10.1 Å². The fraction of sp³-hybridized carbons (Fsp3) is 0.269. The molecule has 8 heteroatoms. The van der Waals surface area contributed by atoms with E-state index in [2.05, 4.69) is 36.5 Å². The summed E-state index contributed by atoms with van der Waals surface area (Å²) in [5.41, 5.74) is 3.62. The molecule has 1 atom stereocenters. The van der Waals surface area contributed by atoms with Crippen molar-refractivity contribution in [3.8, 4) is 5.75 Å². The van der Waals surface area contributed by atoms with Gasteiger partial charge in [0.2, 0.25) is 10.0 Å². The molecule has 0 fully saturated rings. The molecule has 0 aromatic heterocycles. The molecule has 0 aliphatic carbocycles. The second-order valence-corrected chi connectivity index (χ2v) is 11.2. The first kappa shape index (κ1) is 24.2. The second-order valence-electron chi connectivity index (χ2n) is 8.18. The molecule has 0 radical (unpaired) electrons. The topological polar surface area (TPSA) is 75.7 Å². The average Bonchev–Trinajstić information content (AvgIpc) is 2.84. The highest BCUT2D eigenvalue weighted by atomic mass is 32.2. The Balaban J connectivity index is 1.37. The second kappa shape index (κ2) is 11.0. The summed E-state index contributed by atoms with van der Waals surface area (Å²) in [6.45, 7) is 2.48. The van der Waals surface area contributed by atoms with E-state index in [1.165, 1.54) is 15.4 Å². The van der Waals surface area contributed by atoms with E-state index in [0.29, 0.717) is 23.5 Å². The lowest BCUT2D eigenvalue weighted by Crippen LogP contribution is -2.51. The number of sulfonamides is 1. The Morgan fingerprint density at radius 1 is 1.00 bits per heavy atom. The maximum absolute atomic E-state index is 13.3. The number of nitrogens with one attached hydrogen (secondary N) is 1. The third kappa shape index (κ3) is 6.12. The number of carbonyl (C=O) groups excluding carboxylic acids is 1. The molecule has 1 aliphatic rings. The van der Waals surface area contributed by atoms with Crippen molar-refractivity contribution in [1.82, 2.24) is 5.32 Å². The van der Waals surface area contributed by atoms with Gasteiger partial charge in [-0.05, 0) is 30.2 Å². The molecule has 6 nitrogen and oxygen atoms in total. The number of ether oxygens (including phenoxy) is 1. The minimum atomic E-state index is -3.71. The summed E-state index contributed by atoms with van der Waals surface area (Å²) < 4.78 is 33.7. The summed E-state index contributed by atoms with van der Waals surface area (Å²) >= 11 is 1.73. The van der Waals surface area contributed by atoms with Crippen LogP contribution in [-0.4, -0.2) is 39.3 Å². The first-order valence-corrected chi connectivity index (χ1v) is 13.9. The third-order valence-corrected chi connectivity index (χ3v) is 8.24. The van der Waals surface area contributed by atoms with E-state index >= 15 is 0 Å². The van der Waals surface area contributed by atoms with Crippen molar-refractivity contribution < 1.29 is 17.9 Å². The zero-order valence-corrected chi connectivity index (χ0v) is 20.6. The predicted molar refractivity (Wildman–Crippen MR) is 138 cm³/mol. The Morgan fingerprint density at radius 3 is 2.47 bits per heavy atom. The predicted octanol–water partition coefficient (Wildman–Crippen LogP) is 4.14. The number of para-hydroxylation sites is 2. The molecule has 3 aromatic carbocycles. The van der Waals surface area contributed by atoms with Gasteiger partial charge in [-0.25, -0.2) is 8.42 Å². The van der Waals surface area contributed by atoms with Crippen molar-refractivity contribution in [2.75, 3.05) is 23.1 Å². The van der Waals surface area contributed by atoms with Crippen LogP contribution < -0.4 is 14.4 Å². The van der Waals surface area contributed by atoms with Crippen molar-refractivity contribution >= 4 is 33.4 Å². The number of benzene rings is 3. The minimum absolute atomic E-state index is 0.0610. The van der Waals surface area contributed by atoms with Gasteiger partial charge in [-0.2, -0.15) is 11.8 Å². The summed E-state index contributed by atoms with van der Waals surface area (Å²) in [7, 11) is -3.71. The molecule has 178 valence electrons. The van der Waals surface area contributed by atoms with Crippen LogP contribution in [-0.2, 0) is 26.3 Å². The number of carbonyl (C=O) groups is 1. The van der Waals surface area contributed by atoms with Crippen LogP contribution >= 0.6 is 11.8 Å². The average molecular weight is 497 g/mol. The molecule has 0 saturated carbocycles. The van der Waals surface area contributed by atoms with Gasteiger partial charge in [-0.3, -0.25) is 9.10 Å². The van der Waals surface area contributed by atoms with Crippen molar-refractivity contribution in [2.45, 2.75) is 24.5 Å². The Kier molecular flexibility index (Phi) is 7.80. The summed E-state index contributed by atoms with van der Waals surface area (Å²) in [5, 5.41) is 2.89. The van der Waals surface area contributed by atoms with Crippen LogP contribution in [0.3, 0.4) is 0 Å². The summed E-state index contributed by atoms with van der Waals surface area (Å²) in [5.74, 6) is 1.55. The van der Waals surface area contributed by atoms with Crippen LogP contribution in [0.15, 0.2) is 78.9 Å². The Labute approximate surface area is 205 Å². The number of hydrogen-bond donors (Lipinski definition) is 1. The highest BCUT2D eigenvalue weighted by Gasteiger charge is 2.36. The maximum atomic E-state index is 13.3. The quantitative estimate of drug-likeness (QED) is 0.451. The summed E-state index contributed by atoms with van der Waals surface area (Å²) in [6.07, 6.45) is -0.914. The van der Waals surface area contributed by atoms with Crippen molar-refractivity contribution in [3.05, 3.63) is 95.6 Å². The van der Waals surface area contributed by atoms with Crippen LogP contribution in [0.5, 0.6) is 5.75 Å². The fourth-order valence-electron chi connectivity index (χ4n) is 3.70. The normalized spacial score (nSPS) is 15.3. The van der Waals surface area contributed by atoms with Crippen LogP contribution in [0.2, 0.25) is 0 Å². The minimum Gasteiger partial charge on any atom is -0.476 e. The van der Waals surface area contributed by atoms with Gasteiger partial charge in [0.05, 0.1) is 18.0 Å². The van der Waals surface area contributed by atoms with Gasteiger partial charge in [-0.15, -0.1) is 0 Å². The van der Waals surface area contributed by atoms with Crippen LogP contribution in [0.25, 0.3) is 0 Å². The Hall–Kier alpha value is -2.97. The SMILES string of the molecule is Cc1ccc(CSCCNC(=O)[C@@H]2CN(S(=O)(=O)Cc3ccccc3)c3ccccc3O2)cc1. The van der Waals surface area contributed by atoms with Crippen molar-refractivity contribution in [2.24, 2.45) is 0 Å². The highest BCUT2D eigenvalue weighted by molar-refractivity contribution is 7.98. The summed E-state index contributed by atoms with van der Waals surface area (Å²) in [6, 6.07) is 24.4. The molecular formula is C26H28N2O4S2. The number of fused-ring (bicyclic) bond motifs is 1. The van der Waals surface area contributed by atoms with E-state index < -0.39 is 16.1 Å². The highest BCUT2D eigenvalue weighted by Crippen LogP contribution is 2.35. The number of anilines is 1. The number of amides is 1. The molecule has 4 rings (SSSR count). The molecule has 1 N–H and O–H groups in total. The standard InChI is InChI=1S/C26H28N2O4S2/c1-20-11-13-21(14-12-20)18-33-16-15-27-26(29)25-17-28(23-9-5-6-10-24(23)32-25)34(30,31)19-22-7-3-2-4-8-22/h2-14,25H,15-19H2,1H3,(H,27,29)/t25-/m0/s1. The van der Waals surface area contributed by atoms with E-state index in [1.54, 1.807) is 48.2 Å². The number of aryl methyl sites for hydroxylation is 1. The molecule has 0 saturated heterocycles. The molecule has 1 heterocycles. The molecule has 0 bridgehead atoms. The molecule has 0 unspecified atom stereocenters. The van der Waals surface area contributed by atoms with Crippen molar-refractivity contribution in [1.29, 1.82) is 0 Å². The van der Waals surface area contributed by atoms with Gasteiger partial charge in [0.15, 0.2) is 6.10 Å². The van der Waals surface area contributed by atoms with E-state index in [0.717, 1.165) is 11.5 Å². The van der Waals surface area contributed by atoms with Crippen LogP contribution in [0, 0.1) is 6.92 Å². The van der Waals surface area contributed by atoms with Crippen LogP contribution in [0.1, 0.15) is 16.7 Å².